The van der Waals surface area contributed by atoms with Crippen molar-refractivity contribution in [3.8, 4) is 0 Å². The van der Waals surface area contributed by atoms with Crippen LogP contribution in [0.15, 0.2) is 65.6 Å². The van der Waals surface area contributed by atoms with Gasteiger partial charge in [0.05, 0.1) is 12.0 Å². The van der Waals surface area contributed by atoms with Crippen LogP contribution in [0, 0.1) is 17.7 Å². The quantitative estimate of drug-likeness (QED) is 0.184. The zero-order chi connectivity index (χ0) is 42.1. The van der Waals surface area contributed by atoms with E-state index < -0.39 is 27.9 Å². The highest BCUT2D eigenvalue weighted by Gasteiger charge is 2.53. The molecule has 1 N–H and O–H groups in total. The maximum absolute atomic E-state index is 15.0. The Morgan fingerprint density at radius 1 is 0.883 bits per heavy atom. The van der Waals surface area contributed by atoms with Gasteiger partial charge in [-0.3, -0.25) is 9.69 Å². The van der Waals surface area contributed by atoms with Crippen LogP contribution in [0.4, 0.5) is 19.3 Å². The van der Waals surface area contributed by atoms with Gasteiger partial charge >= 0.3 is 6.09 Å². The van der Waals surface area contributed by atoms with Crippen LogP contribution in [-0.2, 0) is 24.8 Å². The number of rotatable bonds is 18. The van der Waals surface area contributed by atoms with E-state index >= 15 is 4.39 Å². The number of methoxy groups -OCH3 is 1. The molecule has 5 fully saturated rings. The molecule has 330 valence electrons. The van der Waals surface area contributed by atoms with Crippen molar-refractivity contribution in [3.63, 3.8) is 0 Å². The molecule has 2 aromatic rings. The van der Waals surface area contributed by atoms with Crippen LogP contribution < -0.4 is 10.2 Å². The summed E-state index contributed by atoms with van der Waals surface area (Å²) in [6.07, 6.45) is 13.4. The first-order chi connectivity index (χ1) is 29.1. The summed E-state index contributed by atoms with van der Waals surface area (Å²) in [4.78, 5) is 36.3. The van der Waals surface area contributed by atoms with Crippen LogP contribution in [0.25, 0.3) is 0 Å². The molecule has 2 aromatic carbocycles. The van der Waals surface area contributed by atoms with Crippen molar-refractivity contribution in [3.05, 3.63) is 72.1 Å². The Morgan fingerprint density at radius 2 is 1.62 bits per heavy atom. The molecule has 4 heterocycles. The molecular weight excluding hydrogens is 787 g/mol. The number of halogens is 2. The van der Waals surface area contributed by atoms with Crippen LogP contribution in [0.1, 0.15) is 69.8 Å². The molecule has 3 atom stereocenters. The second-order valence-electron chi connectivity index (χ2n) is 17.8. The van der Waals surface area contributed by atoms with Gasteiger partial charge in [-0.2, -0.15) is 0 Å². The number of nitrogens with zero attached hydrogens (tertiary/aromatic N) is 5. The van der Waals surface area contributed by atoms with Gasteiger partial charge in [0.1, 0.15) is 17.7 Å². The van der Waals surface area contributed by atoms with Crippen LogP contribution in [-0.4, -0.2) is 150 Å². The number of ether oxygens (including phenoxy) is 1. The van der Waals surface area contributed by atoms with Crippen molar-refractivity contribution in [2.75, 3.05) is 104 Å². The van der Waals surface area contributed by atoms with Gasteiger partial charge in [-0.05, 0) is 151 Å². The summed E-state index contributed by atoms with van der Waals surface area (Å²) >= 11 is 0. The Bertz CT molecular complexity index is 1860. The second-order valence-corrected chi connectivity index (χ2v) is 20.0. The Morgan fingerprint density at radius 3 is 2.28 bits per heavy atom. The largest absolute Gasteiger partial charge is 0.453 e. The predicted octanol–water partition coefficient (Wildman–Crippen LogP) is 5.90. The molecule has 0 unspecified atom stereocenters. The number of benzene rings is 2. The van der Waals surface area contributed by atoms with Gasteiger partial charge < -0.3 is 29.7 Å². The Hall–Kier alpha value is -3.59. The fourth-order valence-corrected chi connectivity index (χ4v) is 12.4. The summed E-state index contributed by atoms with van der Waals surface area (Å²) in [5.41, 5.74) is 1.49. The average Bonchev–Trinajstić information content (AvgIpc) is 3.68. The van der Waals surface area contributed by atoms with Crippen molar-refractivity contribution >= 4 is 27.5 Å². The van der Waals surface area contributed by atoms with Gasteiger partial charge in [0.15, 0.2) is 9.84 Å². The van der Waals surface area contributed by atoms with Crippen LogP contribution >= 0.6 is 0 Å². The third-order valence-corrected chi connectivity index (χ3v) is 16.3. The molecular formula is C46H66F2N6O5S. The lowest BCUT2D eigenvalue weighted by molar-refractivity contribution is -0.129. The minimum atomic E-state index is -3.62. The Balaban J connectivity index is 0.935. The van der Waals surface area contributed by atoms with E-state index in [2.05, 4.69) is 26.1 Å². The summed E-state index contributed by atoms with van der Waals surface area (Å²) in [5, 5.41) is 2.53. The molecule has 2 amide bonds. The number of sulfone groups is 1. The molecule has 60 heavy (non-hydrogen) atoms. The maximum Gasteiger partial charge on any atom is 0.407 e. The van der Waals surface area contributed by atoms with Gasteiger partial charge in [-0.1, -0.05) is 31.1 Å². The van der Waals surface area contributed by atoms with E-state index in [1.807, 2.05) is 17.0 Å². The van der Waals surface area contributed by atoms with Crippen molar-refractivity contribution in [2.45, 2.75) is 85.8 Å². The maximum atomic E-state index is 15.0. The number of hydrogen-bond acceptors (Lipinski definition) is 9. The highest BCUT2D eigenvalue weighted by molar-refractivity contribution is 7.92. The van der Waals surface area contributed by atoms with Crippen LogP contribution in [0.5, 0.6) is 0 Å². The summed E-state index contributed by atoms with van der Waals surface area (Å²) in [6.45, 7) is 9.10. The van der Waals surface area contributed by atoms with Gasteiger partial charge in [0.25, 0.3) is 0 Å². The van der Waals surface area contributed by atoms with E-state index in [1.54, 1.807) is 41.3 Å². The zero-order valence-electron chi connectivity index (χ0n) is 35.5. The Kier molecular flexibility index (Phi) is 15.2. The van der Waals surface area contributed by atoms with Crippen molar-refractivity contribution in [1.82, 2.24) is 24.9 Å². The van der Waals surface area contributed by atoms with Crippen LogP contribution in [0.3, 0.4) is 0 Å². The first kappa shape index (κ1) is 44.5. The number of anilines is 1. The molecule has 0 radical (unpaired) electrons. The lowest BCUT2D eigenvalue weighted by atomic mass is 9.57. The third kappa shape index (κ3) is 10.4. The van der Waals surface area contributed by atoms with E-state index in [0.717, 1.165) is 115 Å². The first-order valence-corrected chi connectivity index (χ1v) is 24.0. The molecule has 11 nitrogen and oxygen atoms in total. The number of piperidine rings is 2. The number of amides is 2. The summed E-state index contributed by atoms with van der Waals surface area (Å²) in [7, 11) is -2.22. The fourth-order valence-electron chi connectivity index (χ4n) is 10.8. The lowest BCUT2D eigenvalue weighted by Gasteiger charge is -2.53. The molecule has 7 rings (SSSR count). The Labute approximate surface area is 356 Å². The van der Waals surface area contributed by atoms with Gasteiger partial charge in [-0.15, -0.1) is 0 Å². The summed E-state index contributed by atoms with van der Waals surface area (Å²) in [6, 6.07) is 13.9. The number of nitrogens with one attached hydrogen (secondary N) is 1. The zero-order valence-corrected chi connectivity index (χ0v) is 36.3. The van der Waals surface area contributed by atoms with Crippen molar-refractivity contribution in [1.29, 1.82) is 0 Å². The normalized spacial score (nSPS) is 23.6. The highest BCUT2D eigenvalue weighted by Crippen LogP contribution is 2.51. The fraction of sp³-hybridized carbons (Fsp3) is 0.652. The number of carbonyl (C=O) groups excluding carboxylic acids is 2. The molecule has 4 aliphatic heterocycles. The smallest absolute Gasteiger partial charge is 0.407 e. The van der Waals surface area contributed by atoms with E-state index in [9.17, 15) is 22.4 Å². The number of carbonyl (C=O) groups is 2. The van der Waals surface area contributed by atoms with E-state index in [1.165, 1.54) is 32.4 Å². The van der Waals surface area contributed by atoms with Crippen molar-refractivity contribution < 1.29 is 31.5 Å². The van der Waals surface area contributed by atoms with Gasteiger partial charge in [0, 0.05) is 62.5 Å². The topological polar surface area (TPSA) is 106 Å². The minimum absolute atomic E-state index is 0.0449. The summed E-state index contributed by atoms with van der Waals surface area (Å²) in [5.74, 6) is 0.0764. The standard InChI is InChI=1S/C46H66F2N6O5S/c1-59-45(56)49-43-13-6-12-42(43)46(35-52-26-8-27-52,37-10-5-11-38(48)32-37)36-19-29-51(30-20-36)25-9-28-53(31-21-47)39-15-17-40(18-16-39)60(57,58)41-33-54(34-41)44(55)14-7-24-50-22-3-2-4-23-50/h5,7,10-11,14-18,32,36,41-43H,2-4,6,8-9,12-13,19-31,33-35H2,1H3,(H,49,56)/b14-7+/t42-,43-,46-/m0/s1. The monoisotopic (exact) mass is 852 g/mol. The molecule has 4 saturated heterocycles. The number of hydrogen-bond donors (Lipinski definition) is 1. The minimum Gasteiger partial charge on any atom is -0.453 e. The first-order valence-electron chi connectivity index (χ1n) is 22.5. The second kappa shape index (κ2) is 20.5. The molecule has 0 bridgehead atoms. The third-order valence-electron chi connectivity index (χ3n) is 14.2. The van der Waals surface area contributed by atoms with Gasteiger partial charge in [-0.25, -0.2) is 22.0 Å². The number of likely N-dealkylation sites (tertiary alicyclic amines) is 4. The molecule has 0 aromatic heterocycles. The predicted molar refractivity (Wildman–Crippen MR) is 231 cm³/mol. The number of alkyl carbamates (subject to hydrolysis) is 1. The van der Waals surface area contributed by atoms with Crippen LogP contribution in [0.2, 0.25) is 0 Å². The highest BCUT2D eigenvalue weighted by atomic mass is 32.2. The van der Waals surface area contributed by atoms with E-state index in [4.69, 9.17) is 4.74 Å². The van der Waals surface area contributed by atoms with Crippen molar-refractivity contribution in [2.24, 2.45) is 11.8 Å². The van der Waals surface area contributed by atoms with E-state index in [0.29, 0.717) is 12.5 Å². The molecule has 5 aliphatic rings. The molecule has 1 aliphatic carbocycles. The van der Waals surface area contributed by atoms with E-state index in [-0.39, 0.29) is 53.6 Å². The molecule has 14 heteroatoms. The SMILES string of the molecule is COC(=O)N[C@H]1CCC[C@@H]1[C@](CN1CCC1)(c1cccc(F)c1)C1CCN(CCCN(CCF)c2ccc(S(=O)(=O)C3CN(C(=O)/C=C/CN4CCCCC4)C3)cc2)CC1. The van der Waals surface area contributed by atoms with Gasteiger partial charge in [0.2, 0.25) is 5.91 Å². The molecule has 1 saturated carbocycles. The summed E-state index contributed by atoms with van der Waals surface area (Å²) < 4.78 is 60.9. The number of alkyl halides is 1. The lowest BCUT2D eigenvalue weighted by Crippen LogP contribution is -2.59. The average molecular weight is 853 g/mol. The molecule has 0 spiro atoms.